The Hall–Kier alpha value is -0.570. The third-order valence-electron chi connectivity index (χ3n) is 3.22. The summed E-state index contributed by atoms with van der Waals surface area (Å²) in [5.41, 5.74) is -0.307. The fourth-order valence-corrected chi connectivity index (χ4v) is 2.55. The molecule has 0 saturated carbocycles. The number of esters is 1. The Kier molecular flexibility index (Phi) is 2.28. The second-order valence-electron chi connectivity index (χ2n) is 4.07. The topological polar surface area (TPSA) is 38.3 Å². The maximum absolute atomic E-state index is 11.7. The lowest BCUT2D eigenvalue weighted by molar-refractivity contribution is -0.151. The molecule has 0 radical (unpaired) electrons. The van der Waals surface area contributed by atoms with Gasteiger partial charge in [0.1, 0.15) is 5.54 Å². The van der Waals surface area contributed by atoms with Gasteiger partial charge in [-0.15, -0.1) is 0 Å². The summed E-state index contributed by atoms with van der Waals surface area (Å²) in [6.07, 6.45) is 5.45. The van der Waals surface area contributed by atoms with Crippen LogP contribution < -0.4 is 5.32 Å². The van der Waals surface area contributed by atoms with Gasteiger partial charge in [0, 0.05) is 6.04 Å². The van der Waals surface area contributed by atoms with Crippen LogP contribution in [-0.4, -0.2) is 24.2 Å². The van der Waals surface area contributed by atoms with Crippen LogP contribution in [0.4, 0.5) is 0 Å². The highest BCUT2D eigenvalue weighted by Gasteiger charge is 2.47. The summed E-state index contributed by atoms with van der Waals surface area (Å²) in [7, 11) is 0. The first-order valence-corrected chi connectivity index (χ1v) is 5.22. The first-order valence-electron chi connectivity index (χ1n) is 5.22. The zero-order valence-corrected chi connectivity index (χ0v) is 8.14. The largest absolute Gasteiger partial charge is 0.465 e. The van der Waals surface area contributed by atoms with Gasteiger partial charge in [-0.2, -0.15) is 0 Å². The molecule has 2 heterocycles. The number of ether oxygens (including phenoxy) is 1. The van der Waals surface area contributed by atoms with Crippen molar-refractivity contribution in [1.82, 2.24) is 5.32 Å². The van der Waals surface area contributed by atoms with E-state index in [1.165, 1.54) is 6.42 Å². The van der Waals surface area contributed by atoms with Crippen molar-refractivity contribution in [3.05, 3.63) is 0 Å². The van der Waals surface area contributed by atoms with Crippen LogP contribution in [0.2, 0.25) is 0 Å². The molecule has 2 aliphatic rings. The monoisotopic (exact) mass is 183 g/mol. The molecular weight excluding hydrogens is 166 g/mol. The lowest BCUT2D eigenvalue weighted by atomic mass is 9.91. The van der Waals surface area contributed by atoms with Crippen LogP contribution in [0.1, 0.15) is 39.0 Å². The van der Waals surface area contributed by atoms with Gasteiger partial charge in [-0.05, 0) is 39.0 Å². The summed E-state index contributed by atoms with van der Waals surface area (Å²) in [6.45, 7) is 2.36. The Morgan fingerprint density at radius 1 is 1.54 bits per heavy atom. The minimum absolute atomic E-state index is 0.0304. The SMILES string of the molecule is CCOC(=O)[C@@]12CCC[C@@H](CC1)N2. The predicted octanol–water partition coefficient (Wildman–Crippen LogP) is 1.22. The molecule has 13 heavy (non-hydrogen) atoms. The molecule has 0 spiro atoms. The molecule has 3 nitrogen and oxygen atoms in total. The highest BCUT2D eigenvalue weighted by atomic mass is 16.5. The van der Waals surface area contributed by atoms with Gasteiger partial charge in [0.2, 0.25) is 0 Å². The molecule has 2 atom stereocenters. The highest BCUT2D eigenvalue weighted by molar-refractivity contribution is 5.81. The number of hydrogen-bond acceptors (Lipinski definition) is 3. The molecule has 0 aliphatic carbocycles. The number of hydrogen-bond donors (Lipinski definition) is 1. The summed E-state index contributed by atoms with van der Waals surface area (Å²) >= 11 is 0. The van der Waals surface area contributed by atoms with Crippen molar-refractivity contribution in [2.24, 2.45) is 0 Å². The molecule has 2 fully saturated rings. The van der Waals surface area contributed by atoms with Gasteiger partial charge in [-0.3, -0.25) is 10.1 Å². The molecule has 0 unspecified atom stereocenters. The summed E-state index contributed by atoms with van der Waals surface area (Å²) in [5.74, 6) is -0.0304. The second kappa shape index (κ2) is 3.29. The van der Waals surface area contributed by atoms with Crippen LogP contribution in [0.5, 0.6) is 0 Å². The molecule has 1 N–H and O–H groups in total. The van der Waals surface area contributed by atoms with Crippen molar-refractivity contribution >= 4 is 5.97 Å². The lowest BCUT2D eigenvalue weighted by Gasteiger charge is -2.32. The van der Waals surface area contributed by atoms with Crippen LogP contribution >= 0.6 is 0 Å². The van der Waals surface area contributed by atoms with E-state index in [9.17, 15) is 4.79 Å². The van der Waals surface area contributed by atoms with Gasteiger partial charge in [0.25, 0.3) is 0 Å². The van der Waals surface area contributed by atoms with E-state index in [2.05, 4.69) is 5.32 Å². The van der Waals surface area contributed by atoms with Crippen molar-refractivity contribution in [3.8, 4) is 0 Å². The van der Waals surface area contributed by atoms with Gasteiger partial charge >= 0.3 is 5.97 Å². The Balaban J connectivity index is 2.06. The maximum Gasteiger partial charge on any atom is 0.326 e. The molecule has 2 rings (SSSR count). The zero-order valence-electron chi connectivity index (χ0n) is 8.14. The minimum Gasteiger partial charge on any atom is -0.465 e. The summed E-state index contributed by atoms with van der Waals surface area (Å²) in [5, 5.41) is 3.41. The highest BCUT2D eigenvalue weighted by Crippen LogP contribution is 2.36. The first kappa shape index (κ1) is 9.00. The molecule has 0 aromatic carbocycles. The van der Waals surface area contributed by atoms with E-state index in [1.807, 2.05) is 6.92 Å². The number of carbonyl (C=O) groups is 1. The third kappa shape index (κ3) is 1.46. The molecule has 74 valence electrons. The third-order valence-corrected chi connectivity index (χ3v) is 3.22. The molecule has 0 aromatic rings. The van der Waals surface area contributed by atoms with E-state index >= 15 is 0 Å². The van der Waals surface area contributed by atoms with Crippen molar-refractivity contribution in [1.29, 1.82) is 0 Å². The van der Waals surface area contributed by atoms with Gasteiger partial charge < -0.3 is 4.74 Å². The van der Waals surface area contributed by atoms with Crippen molar-refractivity contribution in [3.63, 3.8) is 0 Å². The van der Waals surface area contributed by atoms with E-state index in [4.69, 9.17) is 4.74 Å². The van der Waals surface area contributed by atoms with Crippen LogP contribution in [0.25, 0.3) is 0 Å². The second-order valence-corrected chi connectivity index (χ2v) is 4.07. The van der Waals surface area contributed by atoms with Crippen molar-refractivity contribution < 1.29 is 9.53 Å². The van der Waals surface area contributed by atoms with E-state index in [0.717, 1.165) is 25.7 Å². The number of fused-ring (bicyclic) bond motifs is 2. The van der Waals surface area contributed by atoms with Gasteiger partial charge in [0.15, 0.2) is 0 Å². The standard InChI is InChI=1S/C10H17NO2/c1-2-13-9(12)10-6-3-4-8(11-10)5-7-10/h8,11H,2-7H2,1H3/t8-,10+/m0/s1. The summed E-state index contributed by atoms with van der Waals surface area (Å²) in [4.78, 5) is 11.7. The van der Waals surface area contributed by atoms with Gasteiger partial charge in [0.05, 0.1) is 6.61 Å². The zero-order chi connectivity index (χ0) is 9.31. The van der Waals surface area contributed by atoms with E-state index in [0.29, 0.717) is 12.6 Å². The molecule has 0 aromatic heterocycles. The van der Waals surface area contributed by atoms with Crippen LogP contribution in [0.15, 0.2) is 0 Å². The first-order chi connectivity index (χ1) is 6.27. The molecule has 0 amide bonds. The Labute approximate surface area is 78.8 Å². The quantitative estimate of drug-likeness (QED) is 0.654. The Morgan fingerprint density at radius 2 is 2.38 bits per heavy atom. The fraction of sp³-hybridized carbons (Fsp3) is 0.900. The molecule has 2 saturated heterocycles. The summed E-state index contributed by atoms with van der Waals surface area (Å²) < 4.78 is 5.10. The van der Waals surface area contributed by atoms with Crippen LogP contribution in [0.3, 0.4) is 0 Å². The molecule has 3 heteroatoms. The van der Waals surface area contributed by atoms with Gasteiger partial charge in [-0.1, -0.05) is 0 Å². The van der Waals surface area contributed by atoms with E-state index in [-0.39, 0.29) is 11.5 Å². The lowest BCUT2D eigenvalue weighted by Crippen LogP contribution is -2.53. The van der Waals surface area contributed by atoms with Crippen molar-refractivity contribution in [2.45, 2.75) is 50.6 Å². The Bertz CT molecular complexity index is 213. The van der Waals surface area contributed by atoms with Gasteiger partial charge in [-0.25, -0.2) is 0 Å². The molecular formula is C10H17NO2. The predicted molar refractivity (Wildman–Crippen MR) is 49.4 cm³/mol. The fourth-order valence-electron chi connectivity index (χ4n) is 2.55. The average molecular weight is 183 g/mol. The van der Waals surface area contributed by atoms with Crippen LogP contribution in [0, 0.1) is 0 Å². The van der Waals surface area contributed by atoms with Crippen molar-refractivity contribution in [2.75, 3.05) is 6.61 Å². The molecule has 2 bridgehead atoms. The summed E-state index contributed by atoms with van der Waals surface area (Å²) in [6, 6.07) is 0.568. The molecule has 2 aliphatic heterocycles. The number of carbonyl (C=O) groups excluding carboxylic acids is 1. The number of rotatable bonds is 2. The smallest absolute Gasteiger partial charge is 0.326 e. The maximum atomic E-state index is 11.7. The van der Waals surface area contributed by atoms with E-state index in [1.54, 1.807) is 0 Å². The number of piperidine rings is 1. The average Bonchev–Trinajstić information content (AvgIpc) is 2.44. The Morgan fingerprint density at radius 3 is 3.15 bits per heavy atom. The van der Waals surface area contributed by atoms with Crippen LogP contribution in [-0.2, 0) is 9.53 Å². The normalized spacial score (nSPS) is 37.5. The minimum atomic E-state index is -0.307. The number of nitrogens with one attached hydrogen (secondary N) is 1. The van der Waals surface area contributed by atoms with E-state index < -0.39 is 0 Å².